The van der Waals surface area contributed by atoms with Gasteiger partial charge in [0.05, 0.1) is 6.61 Å². The van der Waals surface area contributed by atoms with Gasteiger partial charge in [0.2, 0.25) is 0 Å². The van der Waals surface area contributed by atoms with Gasteiger partial charge >= 0.3 is 0 Å². The van der Waals surface area contributed by atoms with Crippen molar-refractivity contribution in [1.29, 1.82) is 0 Å². The number of phenolic OH excluding ortho intramolecular Hbond substituents is 1. The first-order valence-corrected chi connectivity index (χ1v) is 8.24. The topological polar surface area (TPSA) is 78.9 Å². The van der Waals surface area contributed by atoms with E-state index in [1.54, 1.807) is 19.1 Å². The third kappa shape index (κ3) is 3.49. The van der Waals surface area contributed by atoms with Gasteiger partial charge in [-0.3, -0.25) is 19.8 Å². The van der Waals surface area contributed by atoms with Crippen molar-refractivity contribution in [1.82, 2.24) is 10.2 Å². The van der Waals surface area contributed by atoms with Crippen LogP contribution < -0.4 is 10.1 Å². The lowest BCUT2D eigenvalue weighted by atomic mass is 10.1. The van der Waals surface area contributed by atoms with Crippen LogP contribution in [0.3, 0.4) is 0 Å². The maximum Gasteiger partial charge on any atom is 0.265 e. The van der Waals surface area contributed by atoms with Gasteiger partial charge in [0.15, 0.2) is 16.6 Å². The fourth-order valence-corrected chi connectivity index (χ4v) is 2.79. The molecule has 1 aliphatic rings. The minimum absolute atomic E-state index is 0.0217. The lowest BCUT2D eigenvalue weighted by Gasteiger charge is -2.27. The van der Waals surface area contributed by atoms with E-state index in [2.05, 4.69) is 27.8 Å². The van der Waals surface area contributed by atoms with Crippen LogP contribution in [-0.4, -0.2) is 40.1 Å². The lowest BCUT2D eigenvalue weighted by molar-refractivity contribution is -0.128. The Labute approximate surface area is 152 Å². The number of thiocarbonyl (C=S) groups is 1. The Morgan fingerprint density at radius 3 is 2.79 bits per heavy atom. The third-order valence-corrected chi connectivity index (χ3v) is 4.23. The molecule has 0 unspecified atom stereocenters. The molecule has 1 aromatic rings. The van der Waals surface area contributed by atoms with E-state index in [1.807, 2.05) is 0 Å². The molecule has 6 nitrogen and oxygen atoms in total. The summed E-state index contributed by atoms with van der Waals surface area (Å²) in [6.07, 6.45) is 2.81. The number of nitrogens with one attached hydrogen (secondary N) is 1. The smallest absolute Gasteiger partial charge is 0.265 e. The van der Waals surface area contributed by atoms with Gasteiger partial charge in [-0.2, -0.15) is 0 Å². The maximum atomic E-state index is 12.5. The second-order valence-electron chi connectivity index (χ2n) is 4.76. The van der Waals surface area contributed by atoms with Crippen LogP contribution in [-0.2, 0) is 9.59 Å². The van der Waals surface area contributed by atoms with Gasteiger partial charge in [-0.15, -0.1) is 6.58 Å². The van der Waals surface area contributed by atoms with Crippen LogP contribution in [0.25, 0.3) is 6.08 Å². The molecule has 0 saturated carbocycles. The fraction of sp³-hybridized carbons (Fsp3) is 0.188. The summed E-state index contributed by atoms with van der Waals surface area (Å²) >= 11 is 8.29. The molecule has 0 atom stereocenters. The zero-order valence-corrected chi connectivity index (χ0v) is 15.2. The molecule has 0 radical (unpaired) electrons. The minimum atomic E-state index is -0.626. The molecular weight excluding hydrogens is 396 g/mol. The molecule has 1 aliphatic heterocycles. The molecule has 2 N–H and O–H groups in total. The van der Waals surface area contributed by atoms with E-state index in [1.165, 1.54) is 17.1 Å². The summed E-state index contributed by atoms with van der Waals surface area (Å²) in [5.74, 6) is -1.09. The van der Waals surface area contributed by atoms with Crippen molar-refractivity contribution in [3.63, 3.8) is 0 Å². The van der Waals surface area contributed by atoms with Gasteiger partial charge in [0, 0.05) is 16.6 Å². The number of halogens is 1. The zero-order chi connectivity index (χ0) is 17.9. The quantitative estimate of drug-likeness (QED) is 0.337. The lowest BCUT2D eigenvalue weighted by Crippen LogP contribution is -2.53. The number of aromatic hydroxyl groups is 1. The van der Waals surface area contributed by atoms with Crippen LogP contribution in [0.4, 0.5) is 0 Å². The minimum Gasteiger partial charge on any atom is -0.504 e. The summed E-state index contributed by atoms with van der Waals surface area (Å²) in [6, 6.07) is 3.25. The van der Waals surface area contributed by atoms with Crippen LogP contribution >= 0.6 is 28.1 Å². The highest BCUT2D eigenvalue weighted by Gasteiger charge is 2.33. The highest BCUT2D eigenvalue weighted by atomic mass is 79.9. The van der Waals surface area contributed by atoms with Gasteiger partial charge in [-0.25, -0.2) is 0 Å². The number of rotatable bonds is 5. The van der Waals surface area contributed by atoms with Crippen LogP contribution in [0, 0.1) is 0 Å². The molecule has 1 heterocycles. The molecule has 1 saturated heterocycles. The van der Waals surface area contributed by atoms with Crippen molar-refractivity contribution in [3.05, 3.63) is 40.4 Å². The molecule has 0 aliphatic carbocycles. The second kappa shape index (κ2) is 7.59. The van der Waals surface area contributed by atoms with Crippen LogP contribution in [0.2, 0.25) is 0 Å². The summed E-state index contributed by atoms with van der Waals surface area (Å²) in [5, 5.41) is 12.8. The summed E-state index contributed by atoms with van der Waals surface area (Å²) in [7, 11) is 0. The van der Waals surface area contributed by atoms with E-state index in [0.29, 0.717) is 11.1 Å². The Bertz CT molecular complexity index is 761. The number of carbonyl (C=O) groups excluding carboxylic acids is 2. The van der Waals surface area contributed by atoms with Crippen molar-refractivity contribution in [2.24, 2.45) is 0 Å². The van der Waals surface area contributed by atoms with E-state index in [0.717, 1.165) is 0 Å². The monoisotopic (exact) mass is 410 g/mol. The SMILES string of the molecule is C=CCN1C(=O)/C(=C/c2c(Br)ccc(OCC)c2O)C(=O)NC1=S. The van der Waals surface area contributed by atoms with E-state index in [4.69, 9.17) is 17.0 Å². The van der Waals surface area contributed by atoms with Crippen LogP contribution in [0.5, 0.6) is 11.5 Å². The molecule has 0 bridgehead atoms. The number of phenols is 1. The zero-order valence-electron chi connectivity index (χ0n) is 12.8. The van der Waals surface area contributed by atoms with E-state index in [9.17, 15) is 14.7 Å². The number of nitrogens with zero attached hydrogens (tertiary/aromatic N) is 1. The average molecular weight is 411 g/mol. The predicted octanol–water partition coefficient (Wildman–Crippen LogP) is 2.37. The standard InChI is InChI=1S/C16H15BrN2O4S/c1-3-7-19-15(22)10(14(21)18-16(19)24)8-9-11(17)5-6-12(13(9)20)23-4-2/h3,5-6,8,20H,1,4,7H2,2H3,(H,18,21,24)/b10-8+. The highest BCUT2D eigenvalue weighted by molar-refractivity contribution is 9.10. The van der Waals surface area contributed by atoms with E-state index < -0.39 is 11.8 Å². The number of ether oxygens (including phenoxy) is 1. The van der Waals surface area contributed by atoms with Crippen LogP contribution in [0.1, 0.15) is 12.5 Å². The Morgan fingerprint density at radius 1 is 1.46 bits per heavy atom. The Kier molecular flexibility index (Phi) is 5.74. The highest BCUT2D eigenvalue weighted by Crippen LogP contribution is 2.37. The molecule has 1 aromatic carbocycles. The molecule has 0 aromatic heterocycles. The van der Waals surface area contributed by atoms with Crippen molar-refractivity contribution in [2.45, 2.75) is 6.92 Å². The molecule has 24 heavy (non-hydrogen) atoms. The van der Waals surface area contributed by atoms with Crippen molar-refractivity contribution < 1.29 is 19.4 Å². The molecule has 8 heteroatoms. The van der Waals surface area contributed by atoms with Crippen molar-refractivity contribution >= 4 is 51.2 Å². The summed E-state index contributed by atoms with van der Waals surface area (Å²) in [5.41, 5.74) is 0.126. The average Bonchev–Trinajstić information content (AvgIpc) is 2.53. The first-order valence-electron chi connectivity index (χ1n) is 7.04. The Balaban J connectivity index is 2.51. The number of benzene rings is 1. The van der Waals surface area contributed by atoms with Crippen LogP contribution in [0.15, 0.2) is 34.8 Å². The van der Waals surface area contributed by atoms with Gasteiger partial charge < -0.3 is 9.84 Å². The molecule has 126 valence electrons. The molecule has 2 amide bonds. The van der Waals surface area contributed by atoms with E-state index >= 15 is 0 Å². The van der Waals surface area contributed by atoms with Gasteiger partial charge in [0.1, 0.15) is 5.57 Å². The molecule has 1 fully saturated rings. The Hall–Kier alpha value is -2.19. The maximum absolute atomic E-state index is 12.5. The first-order chi connectivity index (χ1) is 11.4. The fourth-order valence-electron chi connectivity index (χ4n) is 2.11. The third-order valence-electron chi connectivity index (χ3n) is 3.21. The number of carbonyl (C=O) groups is 2. The normalized spacial score (nSPS) is 16.3. The summed E-state index contributed by atoms with van der Waals surface area (Å²) in [4.78, 5) is 25.9. The summed E-state index contributed by atoms with van der Waals surface area (Å²) < 4.78 is 5.84. The molecule has 0 spiro atoms. The van der Waals surface area contributed by atoms with Gasteiger partial charge in [0.25, 0.3) is 11.8 Å². The Morgan fingerprint density at radius 2 is 2.17 bits per heavy atom. The number of hydrogen-bond donors (Lipinski definition) is 2. The van der Waals surface area contributed by atoms with Gasteiger partial charge in [-0.05, 0) is 37.4 Å². The van der Waals surface area contributed by atoms with Gasteiger partial charge in [-0.1, -0.05) is 22.0 Å². The molecule has 2 rings (SSSR count). The number of hydrogen-bond acceptors (Lipinski definition) is 5. The van der Waals surface area contributed by atoms with Crippen molar-refractivity contribution in [3.8, 4) is 11.5 Å². The largest absolute Gasteiger partial charge is 0.504 e. The summed E-state index contributed by atoms with van der Waals surface area (Å²) in [6.45, 7) is 5.88. The first kappa shape index (κ1) is 18.2. The molecular formula is C16H15BrN2O4S. The second-order valence-corrected chi connectivity index (χ2v) is 6.00. The van der Waals surface area contributed by atoms with Crippen molar-refractivity contribution in [2.75, 3.05) is 13.2 Å². The van der Waals surface area contributed by atoms with E-state index in [-0.39, 0.29) is 34.3 Å². The number of amides is 2. The predicted molar refractivity (Wildman–Crippen MR) is 97.6 cm³/mol.